The zero-order valence-electron chi connectivity index (χ0n) is 10.3. The number of rotatable bonds is 1. The van der Waals surface area contributed by atoms with E-state index in [-0.39, 0.29) is 5.82 Å². The molecular formula is C16H14FN. The summed E-state index contributed by atoms with van der Waals surface area (Å²) < 4.78 is 12.9. The average Bonchev–Trinajstić information content (AvgIpc) is 2.39. The highest BCUT2D eigenvalue weighted by molar-refractivity contribution is 6.02. The van der Waals surface area contributed by atoms with Gasteiger partial charge in [0.25, 0.3) is 0 Å². The number of hydrogen-bond acceptors (Lipinski definition) is 1. The molecule has 2 aromatic rings. The molecule has 0 saturated heterocycles. The van der Waals surface area contributed by atoms with Gasteiger partial charge in [-0.25, -0.2) is 4.39 Å². The minimum absolute atomic E-state index is 0.203. The van der Waals surface area contributed by atoms with Crippen LogP contribution in [-0.2, 0) is 13.0 Å². The lowest BCUT2D eigenvalue weighted by molar-refractivity contribution is 0.627. The summed E-state index contributed by atoms with van der Waals surface area (Å²) in [7, 11) is 0. The van der Waals surface area contributed by atoms with Gasteiger partial charge < -0.3 is 0 Å². The summed E-state index contributed by atoms with van der Waals surface area (Å²) in [5.74, 6) is -0.203. The van der Waals surface area contributed by atoms with E-state index in [1.165, 1.54) is 28.8 Å². The standard InChI is InChI=1S/C16H14FN/c1-11-2-3-13-9-16(18-10-14(13)8-11)12-4-6-15(17)7-5-12/h2-8H,9-10H2,1H3. The summed E-state index contributed by atoms with van der Waals surface area (Å²) in [6.45, 7) is 2.82. The van der Waals surface area contributed by atoms with Crippen LogP contribution in [0.4, 0.5) is 4.39 Å². The van der Waals surface area contributed by atoms with Crippen LogP contribution in [0.15, 0.2) is 47.5 Å². The van der Waals surface area contributed by atoms with E-state index in [1.54, 1.807) is 12.1 Å². The van der Waals surface area contributed by atoms with Crippen molar-refractivity contribution in [3.8, 4) is 0 Å². The molecule has 0 radical (unpaired) electrons. The first-order valence-corrected chi connectivity index (χ1v) is 6.10. The third kappa shape index (κ3) is 2.06. The minimum atomic E-state index is -0.203. The molecular weight excluding hydrogens is 225 g/mol. The van der Waals surface area contributed by atoms with Crippen LogP contribution in [0, 0.1) is 12.7 Å². The van der Waals surface area contributed by atoms with Crippen LogP contribution in [0.3, 0.4) is 0 Å². The van der Waals surface area contributed by atoms with Crippen molar-refractivity contribution >= 4 is 5.71 Å². The topological polar surface area (TPSA) is 12.4 Å². The van der Waals surface area contributed by atoms with Crippen LogP contribution in [0.25, 0.3) is 0 Å². The highest BCUT2D eigenvalue weighted by Crippen LogP contribution is 2.21. The molecule has 0 N–H and O–H groups in total. The highest BCUT2D eigenvalue weighted by atomic mass is 19.1. The van der Waals surface area contributed by atoms with Crippen molar-refractivity contribution in [2.75, 3.05) is 0 Å². The SMILES string of the molecule is Cc1ccc2c(c1)CN=C(c1ccc(F)cc1)C2. The van der Waals surface area contributed by atoms with Crippen LogP contribution in [0.1, 0.15) is 22.3 Å². The molecule has 0 aliphatic carbocycles. The first kappa shape index (κ1) is 11.1. The molecule has 1 aliphatic rings. The van der Waals surface area contributed by atoms with E-state index in [0.29, 0.717) is 0 Å². The molecule has 0 bridgehead atoms. The molecule has 3 rings (SSSR count). The van der Waals surface area contributed by atoms with Gasteiger partial charge in [-0.1, -0.05) is 35.9 Å². The molecule has 0 spiro atoms. The normalized spacial score (nSPS) is 14.0. The average molecular weight is 239 g/mol. The van der Waals surface area contributed by atoms with Gasteiger partial charge >= 0.3 is 0 Å². The number of halogens is 1. The van der Waals surface area contributed by atoms with E-state index in [9.17, 15) is 4.39 Å². The van der Waals surface area contributed by atoms with Crippen molar-refractivity contribution in [2.24, 2.45) is 4.99 Å². The van der Waals surface area contributed by atoms with Crippen LogP contribution < -0.4 is 0 Å². The van der Waals surface area contributed by atoms with Crippen molar-refractivity contribution in [1.82, 2.24) is 0 Å². The van der Waals surface area contributed by atoms with E-state index in [2.05, 4.69) is 30.1 Å². The summed E-state index contributed by atoms with van der Waals surface area (Å²) in [4.78, 5) is 4.61. The Morgan fingerprint density at radius 1 is 1.00 bits per heavy atom. The van der Waals surface area contributed by atoms with Gasteiger partial charge in [-0.15, -0.1) is 0 Å². The quantitative estimate of drug-likeness (QED) is 0.720. The number of hydrogen-bond donors (Lipinski definition) is 0. The first-order valence-electron chi connectivity index (χ1n) is 6.10. The van der Waals surface area contributed by atoms with Crippen LogP contribution >= 0.6 is 0 Å². The second-order valence-corrected chi connectivity index (χ2v) is 4.72. The summed E-state index contributed by atoms with van der Waals surface area (Å²) in [6, 6.07) is 13.1. The van der Waals surface area contributed by atoms with Crippen molar-refractivity contribution in [2.45, 2.75) is 19.9 Å². The number of nitrogens with zero attached hydrogens (tertiary/aromatic N) is 1. The number of benzene rings is 2. The maximum atomic E-state index is 12.9. The summed E-state index contributed by atoms with van der Waals surface area (Å²) >= 11 is 0. The Labute approximate surface area is 106 Å². The third-order valence-corrected chi connectivity index (χ3v) is 3.34. The molecule has 1 nitrogen and oxygen atoms in total. The molecule has 0 fully saturated rings. The molecule has 0 amide bonds. The lowest BCUT2D eigenvalue weighted by Gasteiger charge is -2.17. The molecule has 0 saturated carbocycles. The predicted octanol–water partition coefficient (Wildman–Crippen LogP) is 3.68. The molecule has 1 heterocycles. The van der Waals surface area contributed by atoms with E-state index >= 15 is 0 Å². The molecule has 0 atom stereocenters. The fraction of sp³-hybridized carbons (Fsp3) is 0.188. The smallest absolute Gasteiger partial charge is 0.123 e. The van der Waals surface area contributed by atoms with Crippen molar-refractivity contribution < 1.29 is 4.39 Å². The second-order valence-electron chi connectivity index (χ2n) is 4.72. The van der Waals surface area contributed by atoms with Crippen molar-refractivity contribution in [3.05, 3.63) is 70.5 Å². The first-order chi connectivity index (χ1) is 8.72. The lowest BCUT2D eigenvalue weighted by Crippen LogP contribution is -2.12. The van der Waals surface area contributed by atoms with Gasteiger partial charge in [-0.05, 0) is 35.7 Å². The summed E-state index contributed by atoms with van der Waals surface area (Å²) in [5.41, 5.74) is 5.97. The largest absolute Gasteiger partial charge is 0.284 e. The van der Waals surface area contributed by atoms with Gasteiger partial charge in [0.1, 0.15) is 5.82 Å². The Kier molecular flexibility index (Phi) is 2.71. The molecule has 90 valence electrons. The summed E-state index contributed by atoms with van der Waals surface area (Å²) in [5, 5.41) is 0. The summed E-state index contributed by atoms with van der Waals surface area (Å²) in [6.07, 6.45) is 0.835. The molecule has 0 unspecified atom stereocenters. The number of aliphatic imine (C=N–C) groups is 1. The van der Waals surface area contributed by atoms with Gasteiger partial charge in [0.05, 0.1) is 6.54 Å². The van der Waals surface area contributed by atoms with Crippen LogP contribution in [0.2, 0.25) is 0 Å². The molecule has 0 aromatic heterocycles. The van der Waals surface area contributed by atoms with Gasteiger partial charge in [-0.3, -0.25) is 4.99 Å². The monoisotopic (exact) mass is 239 g/mol. The van der Waals surface area contributed by atoms with Gasteiger partial charge in [0.15, 0.2) is 0 Å². The minimum Gasteiger partial charge on any atom is -0.284 e. The lowest BCUT2D eigenvalue weighted by atomic mass is 9.94. The zero-order valence-corrected chi connectivity index (χ0v) is 10.3. The maximum Gasteiger partial charge on any atom is 0.123 e. The Morgan fingerprint density at radius 3 is 2.56 bits per heavy atom. The van der Waals surface area contributed by atoms with E-state index < -0.39 is 0 Å². The van der Waals surface area contributed by atoms with Crippen LogP contribution in [0.5, 0.6) is 0 Å². The molecule has 1 aliphatic heterocycles. The number of aryl methyl sites for hydroxylation is 1. The molecule has 2 aromatic carbocycles. The highest BCUT2D eigenvalue weighted by Gasteiger charge is 2.13. The maximum absolute atomic E-state index is 12.9. The fourth-order valence-corrected chi connectivity index (χ4v) is 2.33. The Hall–Kier alpha value is -1.96. The molecule has 18 heavy (non-hydrogen) atoms. The van der Waals surface area contributed by atoms with E-state index in [0.717, 1.165) is 24.2 Å². The Bertz CT molecular complexity index is 611. The third-order valence-electron chi connectivity index (χ3n) is 3.34. The van der Waals surface area contributed by atoms with Crippen molar-refractivity contribution in [3.63, 3.8) is 0 Å². The fourth-order valence-electron chi connectivity index (χ4n) is 2.33. The van der Waals surface area contributed by atoms with Crippen molar-refractivity contribution in [1.29, 1.82) is 0 Å². The Morgan fingerprint density at radius 2 is 1.78 bits per heavy atom. The van der Waals surface area contributed by atoms with Gasteiger partial charge in [0.2, 0.25) is 0 Å². The van der Waals surface area contributed by atoms with Gasteiger partial charge in [-0.2, -0.15) is 0 Å². The second kappa shape index (κ2) is 4.37. The Balaban J connectivity index is 1.92. The molecule has 2 heteroatoms. The zero-order chi connectivity index (χ0) is 12.5. The van der Waals surface area contributed by atoms with Crippen LogP contribution in [-0.4, -0.2) is 5.71 Å². The van der Waals surface area contributed by atoms with Gasteiger partial charge in [0, 0.05) is 12.1 Å². The predicted molar refractivity (Wildman–Crippen MR) is 71.5 cm³/mol. The van der Waals surface area contributed by atoms with E-state index in [4.69, 9.17) is 0 Å². The van der Waals surface area contributed by atoms with E-state index in [1.807, 2.05) is 0 Å². The number of fused-ring (bicyclic) bond motifs is 1.